The second-order valence-corrected chi connectivity index (χ2v) is 3.53. The summed E-state index contributed by atoms with van der Waals surface area (Å²) in [5.74, 6) is 1.68. The summed E-state index contributed by atoms with van der Waals surface area (Å²) >= 11 is 0. The lowest BCUT2D eigenvalue weighted by Crippen LogP contribution is -2.12. The van der Waals surface area contributed by atoms with Crippen molar-refractivity contribution in [3.8, 4) is 17.2 Å². The van der Waals surface area contributed by atoms with Crippen LogP contribution in [0.15, 0.2) is 12.1 Å². The molecule has 0 aromatic heterocycles. The summed E-state index contributed by atoms with van der Waals surface area (Å²) in [5, 5.41) is 0. The van der Waals surface area contributed by atoms with Crippen molar-refractivity contribution >= 4 is 12.4 Å². The van der Waals surface area contributed by atoms with Gasteiger partial charge in [-0.15, -0.1) is 12.4 Å². The number of alkyl halides is 1. The van der Waals surface area contributed by atoms with E-state index in [1.165, 1.54) is 14.2 Å². The third-order valence-corrected chi connectivity index (χ3v) is 2.56. The summed E-state index contributed by atoms with van der Waals surface area (Å²) in [6.45, 7) is -0.474. The van der Waals surface area contributed by atoms with E-state index in [0.29, 0.717) is 22.8 Å². The van der Waals surface area contributed by atoms with Gasteiger partial charge in [0.25, 0.3) is 0 Å². The number of methoxy groups -OCH3 is 3. The summed E-state index contributed by atoms with van der Waals surface area (Å²) in [4.78, 5) is 0. The molecule has 0 fully saturated rings. The van der Waals surface area contributed by atoms with Crippen molar-refractivity contribution in [1.82, 2.24) is 0 Å². The third-order valence-electron chi connectivity index (χ3n) is 2.56. The van der Waals surface area contributed by atoms with E-state index < -0.39 is 12.7 Å². The van der Waals surface area contributed by atoms with Crippen LogP contribution in [0.25, 0.3) is 0 Å². The van der Waals surface area contributed by atoms with E-state index in [2.05, 4.69) is 0 Å². The van der Waals surface area contributed by atoms with E-state index in [4.69, 9.17) is 19.9 Å². The molecule has 0 unspecified atom stereocenters. The Balaban J connectivity index is 0.00000289. The molecule has 2 N–H and O–H groups in total. The Morgan fingerprint density at radius 2 is 1.56 bits per heavy atom. The number of hydrogen-bond donors (Lipinski definition) is 1. The van der Waals surface area contributed by atoms with Crippen molar-refractivity contribution < 1.29 is 18.6 Å². The molecule has 6 heteroatoms. The molecule has 0 aliphatic heterocycles. The SMILES string of the molecule is COc1cc(OC)c([C@H](N)CCF)cc1OC.Cl. The van der Waals surface area contributed by atoms with E-state index in [9.17, 15) is 4.39 Å². The third kappa shape index (κ3) is 3.65. The maximum atomic E-state index is 12.3. The Morgan fingerprint density at radius 3 is 2.00 bits per heavy atom. The fraction of sp³-hybridized carbons (Fsp3) is 0.500. The number of benzene rings is 1. The lowest BCUT2D eigenvalue weighted by atomic mass is 10.0. The summed E-state index contributed by atoms with van der Waals surface area (Å²) in [6, 6.07) is 2.99. The Bertz CT molecular complexity index is 377. The van der Waals surface area contributed by atoms with Gasteiger partial charge in [0.1, 0.15) is 5.75 Å². The van der Waals surface area contributed by atoms with Crippen molar-refractivity contribution in [3.05, 3.63) is 17.7 Å². The zero-order valence-corrected chi connectivity index (χ0v) is 11.6. The molecule has 18 heavy (non-hydrogen) atoms. The highest BCUT2D eigenvalue weighted by molar-refractivity contribution is 5.85. The number of hydrogen-bond acceptors (Lipinski definition) is 4. The summed E-state index contributed by atoms with van der Waals surface area (Å²) in [5.41, 5.74) is 6.59. The zero-order chi connectivity index (χ0) is 12.8. The molecule has 1 aromatic carbocycles. The summed E-state index contributed by atoms with van der Waals surface area (Å²) in [6.07, 6.45) is 0.242. The maximum Gasteiger partial charge on any atom is 0.164 e. The van der Waals surface area contributed by atoms with E-state index in [0.717, 1.165) is 0 Å². The van der Waals surface area contributed by atoms with Crippen molar-refractivity contribution in [1.29, 1.82) is 0 Å². The first kappa shape index (κ1) is 16.8. The van der Waals surface area contributed by atoms with Crippen molar-refractivity contribution in [3.63, 3.8) is 0 Å². The van der Waals surface area contributed by atoms with Gasteiger partial charge in [0.15, 0.2) is 11.5 Å². The molecule has 1 aromatic rings. The quantitative estimate of drug-likeness (QED) is 0.869. The Kier molecular flexibility index (Phi) is 7.47. The first-order chi connectivity index (χ1) is 8.17. The molecule has 0 amide bonds. The first-order valence-electron chi connectivity index (χ1n) is 5.29. The van der Waals surface area contributed by atoms with Crippen LogP contribution < -0.4 is 19.9 Å². The largest absolute Gasteiger partial charge is 0.496 e. The monoisotopic (exact) mass is 279 g/mol. The fourth-order valence-corrected chi connectivity index (χ4v) is 1.62. The Hall–Kier alpha value is -1.20. The van der Waals surface area contributed by atoms with Crippen LogP contribution in [0, 0.1) is 0 Å². The van der Waals surface area contributed by atoms with Crippen molar-refractivity contribution in [2.75, 3.05) is 28.0 Å². The Morgan fingerprint density at radius 1 is 1.06 bits per heavy atom. The molecule has 0 aliphatic rings. The average molecular weight is 280 g/mol. The highest BCUT2D eigenvalue weighted by Crippen LogP contribution is 2.37. The van der Waals surface area contributed by atoms with Gasteiger partial charge in [-0.3, -0.25) is 4.39 Å². The lowest BCUT2D eigenvalue weighted by Gasteiger charge is -2.17. The molecule has 0 saturated carbocycles. The smallest absolute Gasteiger partial charge is 0.164 e. The second-order valence-electron chi connectivity index (χ2n) is 3.53. The summed E-state index contributed by atoms with van der Waals surface area (Å²) < 4.78 is 27.9. The normalized spacial score (nSPS) is 11.4. The molecule has 0 spiro atoms. The van der Waals surface area contributed by atoms with Gasteiger partial charge in [-0.25, -0.2) is 0 Å². The summed E-state index contributed by atoms with van der Waals surface area (Å²) in [7, 11) is 4.61. The van der Waals surface area contributed by atoms with Gasteiger partial charge in [-0.05, 0) is 12.5 Å². The Labute approximate surface area is 113 Å². The number of rotatable bonds is 6. The molecule has 0 bridgehead atoms. The minimum absolute atomic E-state index is 0. The minimum Gasteiger partial charge on any atom is -0.496 e. The highest BCUT2D eigenvalue weighted by atomic mass is 35.5. The van der Waals surface area contributed by atoms with Crippen LogP contribution in [0.2, 0.25) is 0 Å². The molecule has 0 aliphatic carbocycles. The molecular formula is C12H19ClFNO3. The van der Waals surface area contributed by atoms with Crippen LogP contribution in [-0.2, 0) is 0 Å². The first-order valence-corrected chi connectivity index (χ1v) is 5.29. The van der Waals surface area contributed by atoms with Crippen molar-refractivity contribution in [2.45, 2.75) is 12.5 Å². The molecule has 0 radical (unpaired) electrons. The van der Waals surface area contributed by atoms with Crippen LogP contribution in [0.5, 0.6) is 17.2 Å². The van der Waals surface area contributed by atoms with Crippen LogP contribution in [-0.4, -0.2) is 28.0 Å². The lowest BCUT2D eigenvalue weighted by molar-refractivity contribution is 0.345. The van der Waals surface area contributed by atoms with E-state index >= 15 is 0 Å². The van der Waals surface area contributed by atoms with Gasteiger partial charge in [0.05, 0.1) is 28.0 Å². The molecular weight excluding hydrogens is 261 g/mol. The van der Waals surface area contributed by atoms with Gasteiger partial charge in [0, 0.05) is 17.7 Å². The molecule has 1 rings (SSSR count). The average Bonchev–Trinajstić information content (AvgIpc) is 2.37. The van der Waals surface area contributed by atoms with Crippen LogP contribution >= 0.6 is 12.4 Å². The van der Waals surface area contributed by atoms with Gasteiger partial charge < -0.3 is 19.9 Å². The molecule has 1 atom stereocenters. The number of ether oxygens (including phenoxy) is 3. The fourth-order valence-electron chi connectivity index (χ4n) is 1.62. The maximum absolute atomic E-state index is 12.3. The molecule has 0 saturated heterocycles. The van der Waals surface area contributed by atoms with Gasteiger partial charge in [-0.2, -0.15) is 0 Å². The molecule has 4 nitrogen and oxygen atoms in total. The standard InChI is InChI=1S/C12H18FNO3.ClH/c1-15-10-7-12(17-3)11(16-2)6-8(10)9(14)4-5-13;/h6-7,9H,4-5,14H2,1-3H3;1H/t9-;/m1./s1. The predicted octanol–water partition coefficient (Wildman–Crippen LogP) is 2.49. The minimum atomic E-state index is -0.474. The predicted molar refractivity (Wildman–Crippen MR) is 70.9 cm³/mol. The van der Waals surface area contributed by atoms with Crippen LogP contribution in [0.1, 0.15) is 18.0 Å². The van der Waals surface area contributed by atoms with Gasteiger partial charge >= 0.3 is 0 Å². The highest BCUT2D eigenvalue weighted by Gasteiger charge is 2.16. The van der Waals surface area contributed by atoms with E-state index in [1.807, 2.05) is 0 Å². The molecule has 104 valence electrons. The van der Waals surface area contributed by atoms with Gasteiger partial charge in [0.2, 0.25) is 0 Å². The van der Waals surface area contributed by atoms with Crippen LogP contribution in [0.4, 0.5) is 4.39 Å². The van der Waals surface area contributed by atoms with E-state index in [1.54, 1.807) is 19.2 Å². The van der Waals surface area contributed by atoms with Gasteiger partial charge in [-0.1, -0.05) is 0 Å². The number of nitrogens with two attached hydrogens (primary N) is 1. The van der Waals surface area contributed by atoms with E-state index in [-0.39, 0.29) is 18.8 Å². The number of halogens is 2. The topological polar surface area (TPSA) is 53.7 Å². The van der Waals surface area contributed by atoms with Crippen molar-refractivity contribution in [2.24, 2.45) is 5.73 Å². The molecule has 0 heterocycles. The zero-order valence-electron chi connectivity index (χ0n) is 10.7. The van der Waals surface area contributed by atoms with Crippen LogP contribution in [0.3, 0.4) is 0 Å². The second kappa shape index (κ2) is 8.00.